The SMILES string of the molecule is Nc1ccc(SNC(=O)CCc2ccccc2)cc1. The molecule has 0 saturated carbocycles. The van der Waals surface area contributed by atoms with Gasteiger partial charge >= 0.3 is 0 Å². The lowest BCUT2D eigenvalue weighted by atomic mass is 10.1. The van der Waals surface area contributed by atoms with E-state index in [0.29, 0.717) is 6.42 Å². The molecule has 2 rings (SSSR count). The second kappa shape index (κ2) is 6.85. The lowest BCUT2D eigenvalue weighted by Gasteiger charge is -2.04. The van der Waals surface area contributed by atoms with Crippen molar-refractivity contribution in [2.75, 3.05) is 5.73 Å². The van der Waals surface area contributed by atoms with Gasteiger partial charge in [0.15, 0.2) is 0 Å². The summed E-state index contributed by atoms with van der Waals surface area (Å²) in [5, 5.41) is 0. The standard InChI is InChI=1S/C15H16N2OS/c16-13-7-9-14(10-8-13)19-17-15(18)11-6-12-4-2-1-3-5-12/h1-5,7-10H,6,11,16H2,(H,17,18). The second-order valence-corrected chi connectivity index (χ2v) is 5.06. The first-order valence-electron chi connectivity index (χ1n) is 6.09. The summed E-state index contributed by atoms with van der Waals surface area (Å²) in [5.74, 6) is 0.0330. The zero-order chi connectivity index (χ0) is 13.5. The summed E-state index contributed by atoms with van der Waals surface area (Å²) in [6, 6.07) is 17.4. The molecule has 2 aromatic carbocycles. The van der Waals surface area contributed by atoms with Gasteiger partial charge in [0.1, 0.15) is 0 Å². The number of nitrogen functional groups attached to an aromatic ring is 1. The Balaban J connectivity index is 1.74. The van der Waals surface area contributed by atoms with Crippen molar-refractivity contribution >= 4 is 23.5 Å². The van der Waals surface area contributed by atoms with Crippen molar-refractivity contribution in [1.29, 1.82) is 0 Å². The molecule has 0 aliphatic carbocycles. The van der Waals surface area contributed by atoms with Crippen LogP contribution in [-0.2, 0) is 11.2 Å². The Kier molecular flexibility index (Phi) is 4.86. The highest BCUT2D eigenvalue weighted by Gasteiger charge is 2.02. The van der Waals surface area contributed by atoms with E-state index in [1.54, 1.807) is 0 Å². The molecule has 1 amide bonds. The van der Waals surface area contributed by atoms with Crippen molar-refractivity contribution in [2.24, 2.45) is 0 Å². The summed E-state index contributed by atoms with van der Waals surface area (Å²) in [6.45, 7) is 0. The minimum absolute atomic E-state index is 0.0330. The van der Waals surface area contributed by atoms with E-state index in [9.17, 15) is 4.79 Å². The largest absolute Gasteiger partial charge is 0.399 e. The third-order valence-electron chi connectivity index (χ3n) is 2.65. The topological polar surface area (TPSA) is 55.1 Å². The van der Waals surface area contributed by atoms with Crippen LogP contribution in [0, 0.1) is 0 Å². The molecule has 0 spiro atoms. The summed E-state index contributed by atoms with van der Waals surface area (Å²) >= 11 is 1.32. The summed E-state index contributed by atoms with van der Waals surface area (Å²) in [5.41, 5.74) is 7.50. The van der Waals surface area contributed by atoms with E-state index in [1.807, 2.05) is 54.6 Å². The van der Waals surface area contributed by atoms with Gasteiger partial charge in [0.25, 0.3) is 0 Å². The van der Waals surface area contributed by atoms with Gasteiger partial charge in [-0.15, -0.1) is 0 Å². The maximum Gasteiger partial charge on any atom is 0.230 e. The number of amides is 1. The van der Waals surface area contributed by atoms with Crippen molar-refractivity contribution in [3.63, 3.8) is 0 Å². The number of benzene rings is 2. The summed E-state index contributed by atoms with van der Waals surface area (Å²) in [7, 11) is 0. The molecular formula is C15H16N2OS. The first-order valence-corrected chi connectivity index (χ1v) is 6.91. The van der Waals surface area contributed by atoms with Crippen molar-refractivity contribution < 1.29 is 4.79 Å². The fourth-order valence-corrected chi connectivity index (χ4v) is 2.21. The third kappa shape index (κ3) is 4.67. The Bertz CT molecular complexity index is 526. The van der Waals surface area contributed by atoms with E-state index in [0.717, 1.165) is 17.0 Å². The van der Waals surface area contributed by atoms with Crippen LogP contribution in [0.2, 0.25) is 0 Å². The van der Waals surface area contributed by atoms with Gasteiger partial charge in [-0.05, 0) is 48.2 Å². The minimum Gasteiger partial charge on any atom is -0.399 e. The summed E-state index contributed by atoms with van der Waals surface area (Å²) in [4.78, 5) is 12.7. The molecule has 0 saturated heterocycles. The lowest BCUT2D eigenvalue weighted by Crippen LogP contribution is -2.15. The van der Waals surface area contributed by atoms with Crippen LogP contribution in [0.25, 0.3) is 0 Å². The fraction of sp³-hybridized carbons (Fsp3) is 0.133. The summed E-state index contributed by atoms with van der Waals surface area (Å²) in [6.07, 6.45) is 1.25. The molecular weight excluding hydrogens is 256 g/mol. The van der Waals surface area contributed by atoms with Crippen molar-refractivity contribution in [3.05, 3.63) is 60.2 Å². The van der Waals surface area contributed by atoms with Gasteiger partial charge in [-0.2, -0.15) is 0 Å². The third-order valence-corrected chi connectivity index (χ3v) is 3.48. The predicted octanol–water partition coefficient (Wildman–Crippen LogP) is 3.02. The first kappa shape index (κ1) is 13.5. The Morgan fingerprint density at radius 2 is 1.74 bits per heavy atom. The number of hydrogen-bond donors (Lipinski definition) is 2. The molecule has 0 aliphatic heterocycles. The van der Waals surface area contributed by atoms with Crippen LogP contribution in [0.1, 0.15) is 12.0 Å². The fourth-order valence-electron chi connectivity index (χ4n) is 1.61. The zero-order valence-corrected chi connectivity index (χ0v) is 11.3. The van der Waals surface area contributed by atoms with Crippen molar-refractivity contribution in [3.8, 4) is 0 Å². The van der Waals surface area contributed by atoms with E-state index in [4.69, 9.17) is 5.73 Å². The number of rotatable bonds is 5. The van der Waals surface area contributed by atoms with Crippen LogP contribution < -0.4 is 10.5 Å². The molecule has 98 valence electrons. The molecule has 0 heterocycles. The number of carbonyl (C=O) groups is 1. The van der Waals surface area contributed by atoms with Crippen molar-refractivity contribution in [2.45, 2.75) is 17.7 Å². The molecule has 0 unspecified atom stereocenters. The second-order valence-electron chi connectivity index (χ2n) is 4.18. The Hall–Kier alpha value is -1.94. The highest BCUT2D eigenvalue weighted by Crippen LogP contribution is 2.16. The first-order chi connectivity index (χ1) is 9.24. The maximum absolute atomic E-state index is 11.7. The number of nitrogens with two attached hydrogens (primary N) is 1. The molecule has 3 N–H and O–H groups in total. The predicted molar refractivity (Wildman–Crippen MR) is 79.6 cm³/mol. The van der Waals surface area contributed by atoms with E-state index < -0.39 is 0 Å². The van der Waals surface area contributed by atoms with Gasteiger partial charge < -0.3 is 5.73 Å². The van der Waals surface area contributed by atoms with Crippen LogP contribution in [0.4, 0.5) is 5.69 Å². The molecule has 2 aromatic rings. The Morgan fingerprint density at radius 1 is 1.05 bits per heavy atom. The van der Waals surface area contributed by atoms with Crippen LogP contribution in [-0.4, -0.2) is 5.91 Å². The van der Waals surface area contributed by atoms with Crippen LogP contribution >= 0.6 is 11.9 Å². The minimum atomic E-state index is 0.0330. The van der Waals surface area contributed by atoms with Crippen LogP contribution in [0.3, 0.4) is 0 Å². The van der Waals surface area contributed by atoms with Crippen molar-refractivity contribution in [1.82, 2.24) is 4.72 Å². The van der Waals surface area contributed by atoms with E-state index in [2.05, 4.69) is 4.72 Å². The molecule has 0 atom stereocenters. The highest BCUT2D eigenvalue weighted by atomic mass is 32.2. The lowest BCUT2D eigenvalue weighted by molar-refractivity contribution is -0.119. The quantitative estimate of drug-likeness (QED) is 0.650. The number of carbonyl (C=O) groups excluding carboxylic acids is 1. The van der Waals surface area contributed by atoms with Gasteiger partial charge in [0.05, 0.1) is 0 Å². The van der Waals surface area contributed by atoms with Gasteiger partial charge in [0.2, 0.25) is 5.91 Å². The van der Waals surface area contributed by atoms with Gasteiger partial charge in [0, 0.05) is 17.0 Å². The normalized spacial score (nSPS) is 10.1. The average Bonchev–Trinajstić information content (AvgIpc) is 2.45. The number of nitrogens with one attached hydrogen (secondary N) is 1. The highest BCUT2D eigenvalue weighted by molar-refractivity contribution is 7.98. The monoisotopic (exact) mass is 272 g/mol. The van der Waals surface area contributed by atoms with Gasteiger partial charge in [-0.3, -0.25) is 9.52 Å². The molecule has 0 aromatic heterocycles. The van der Waals surface area contributed by atoms with Gasteiger partial charge in [-0.25, -0.2) is 0 Å². The van der Waals surface area contributed by atoms with E-state index in [1.165, 1.54) is 17.5 Å². The molecule has 0 aliphatic rings. The molecule has 0 bridgehead atoms. The van der Waals surface area contributed by atoms with Crippen LogP contribution in [0.5, 0.6) is 0 Å². The molecule has 0 radical (unpaired) electrons. The van der Waals surface area contributed by atoms with Crippen LogP contribution in [0.15, 0.2) is 59.5 Å². The summed E-state index contributed by atoms with van der Waals surface area (Å²) < 4.78 is 2.83. The Morgan fingerprint density at radius 3 is 2.42 bits per heavy atom. The number of aryl methyl sites for hydroxylation is 1. The van der Waals surface area contributed by atoms with E-state index in [-0.39, 0.29) is 5.91 Å². The smallest absolute Gasteiger partial charge is 0.230 e. The zero-order valence-electron chi connectivity index (χ0n) is 10.5. The average molecular weight is 272 g/mol. The number of hydrogen-bond acceptors (Lipinski definition) is 3. The van der Waals surface area contributed by atoms with Gasteiger partial charge in [-0.1, -0.05) is 30.3 Å². The molecule has 4 heteroatoms. The Labute approximate surface area is 117 Å². The molecule has 3 nitrogen and oxygen atoms in total. The molecule has 0 fully saturated rings. The molecule has 19 heavy (non-hydrogen) atoms. The number of anilines is 1. The van der Waals surface area contributed by atoms with E-state index >= 15 is 0 Å². The maximum atomic E-state index is 11.7.